The zero-order valence-electron chi connectivity index (χ0n) is 12.0. The molecule has 108 valence electrons. The van der Waals surface area contributed by atoms with Crippen LogP contribution in [0.5, 0.6) is 0 Å². The van der Waals surface area contributed by atoms with Gasteiger partial charge in [0.05, 0.1) is 15.1 Å². The minimum Gasteiger partial charge on any atom is -0.744 e. The minimum atomic E-state index is -4.56. The van der Waals surface area contributed by atoms with Crippen molar-refractivity contribution in [3.8, 4) is 10.6 Å². The van der Waals surface area contributed by atoms with Crippen LogP contribution < -0.4 is 35.3 Å². The Bertz CT molecular complexity index is 935. The second-order valence-corrected chi connectivity index (χ2v) is 7.00. The van der Waals surface area contributed by atoms with Gasteiger partial charge in [0.25, 0.3) is 0 Å². The molecule has 0 aliphatic heterocycles. The predicted molar refractivity (Wildman–Crippen MR) is 82.2 cm³/mol. The van der Waals surface area contributed by atoms with Crippen LogP contribution in [-0.4, -0.2) is 18.0 Å². The van der Waals surface area contributed by atoms with E-state index >= 15 is 0 Å². The van der Waals surface area contributed by atoms with E-state index in [1.165, 1.54) is 11.3 Å². The van der Waals surface area contributed by atoms with Gasteiger partial charge in [0, 0.05) is 11.3 Å². The van der Waals surface area contributed by atoms with Crippen LogP contribution in [0.15, 0.2) is 41.3 Å². The SMILES string of the molecule is Cc1ccc2sc(-c3ccc(N)cc3)nc2c1S(=O)(=O)[O-].[Na+]. The van der Waals surface area contributed by atoms with Crippen molar-refractivity contribution >= 4 is 37.4 Å². The molecule has 0 aliphatic rings. The molecule has 0 unspecified atom stereocenters. The second kappa shape index (κ2) is 6.27. The first-order valence-corrected chi connectivity index (χ1v) is 8.31. The third kappa shape index (κ3) is 3.19. The van der Waals surface area contributed by atoms with E-state index < -0.39 is 10.1 Å². The van der Waals surface area contributed by atoms with E-state index in [1.54, 1.807) is 31.2 Å². The Morgan fingerprint density at radius 3 is 2.36 bits per heavy atom. The van der Waals surface area contributed by atoms with E-state index in [0.717, 1.165) is 5.56 Å². The maximum absolute atomic E-state index is 11.5. The molecular formula is C14H11N2NaO3S2. The first kappa shape index (κ1) is 17.4. The number of aryl methyl sites for hydroxylation is 1. The van der Waals surface area contributed by atoms with Crippen LogP contribution in [0.4, 0.5) is 5.69 Å². The van der Waals surface area contributed by atoms with Gasteiger partial charge in [-0.1, -0.05) is 6.07 Å². The van der Waals surface area contributed by atoms with Gasteiger partial charge in [-0.3, -0.25) is 0 Å². The van der Waals surface area contributed by atoms with E-state index in [0.29, 0.717) is 21.0 Å². The van der Waals surface area contributed by atoms with Crippen molar-refractivity contribution < 1.29 is 42.5 Å². The zero-order chi connectivity index (χ0) is 15.2. The molecule has 0 saturated carbocycles. The zero-order valence-corrected chi connectivity index (χ0v) is 15.7. The number of thiazole rings is 1. The standard InChI is InChI=1S/C14H12N2O3S2.Na/c1-8-2-7-11-12(13(8)21(17,18)19)16-14(20-11)9-3-5-10(15)6-4-9;/h2-7H,15H2,1H3,(H,17,18,19);/q;+1/p-1. The monoisotopic (exact) mass is 342 g/mol. The summed E-state index contributed by atoms with van der Waals surface area (Å²) in [4.78, 5) is 4.10. The number of aromatic nitrogens is 1. The Morgan fingerprint density at radius 1 is 1.14 bits per heavy atom. The fourth-order valence-corrected chi connectivity index (χ4v) is 4.03. The van der Waals surface area contributed by atoms with Gasteiger partial charge in [0.2, 0.25) is 0 Å². The molecule has 2 N–H and O–H groups in total. The molecule has 0 aliphatic carbocycles. The molecule has 8 heteroatoms. The average molecular weight is 342 g/mol. The number of benzene rings is 2. The van der Waals surface area contributed by atoms with E-state index in [9.17, 15) is 13.0 Å². The predicted octanol–water partition coefficient (Wildman–Crippen LogP) is -0.238. The first-order valence-electron chi connectivity index (χ1n) is 6.08. The van der Waals surface area contributed by atoms with Crippen LogP contribution in [0.3, 0.4) is 0 Å². The number of fused-ring (bicyclic) bond motifs is 1. The third-order valence-electron chi connectivity index (χ3n) is 3.12. The third-order valence-corrected chi connectivity index (χ3v) is 5.20. The summed E-state index contributed by atoms with van der Waals surface area (Å²) >= 11 is 1.34. The van der Waals surface area contributed by atoms with E-state index in [2.05, 4.69) is 4.98 Å². The number of hydrogen-bond acceptors (Lipinski definition) is 6. The molecule has 1 aromatic heterocycles. The van der Waals surface area contributed by atoms with Crippen LogP contribution in [0.25, 0.3) is 20.8 Å². The number of hydrogen-bond donors (Lipinski definition) is 1. The van der Waals surface area contributed by atoms with Crippen molar-refractivity contribution in [2.75, 3.05) is 5.73 Å². The van der Waals surface area contributed by atoms with E-state index in [4.69, 9.17) is 5.73 Å². The van der Waals surface area contributed by atoms with Gasteiger partial charge in [0.1, 0.15) is 15.1 Å². The maximum Gasteiger partial charge on any atom is 1.00 e. The molecule has 22 heavy (non-hydrogen) atoms. The molecule has 0 atom stereocenters. The average Bonchev–Trinajstić information content (AvgIpc) is 2.81. The number of nitrogen functional groups attached to an aromatic ring is 1. The van der Waals surface area contributed by atoms with Crippen LogP contribution in [0.2, 0.25) is 0 Å². The Morgan fingerprint density at radius 2 is 1.77 bits per heavy atom. The largest absolute Gasteiger partial charge is 1.00 e. The Labute approximate surface area is 154 Å². The summed E-state index contributed by atoms with van der Waals surface area (Å²) in [5.41, 5.74) is 7.76. The van der Waals surface area contributed by atoms with Crippen molar-refractivity contribution in [2.24, 2.45) is 0 Å². The minimum absolute atomic E-state index is 0. The van der Waals surface area contributed by atoms with Gasteiger partial charge < -0.3 is 10.3 Å². The molecule has 0 spiro atoms. The number of rotatable bonds is 2. The van der Waals surface area contributed by atoms with Crippen molar-refractivity contribution in [3.05, 3.63) is 42.0 Å². The molecule has 3 rings (SSSR count). The van der Waals surface area contributed by atoms with E-state index in [1.807, 2.05) is 12.1 Å². The Hall–Kier alpha value is -0.960. The van der Waals surface area contributed by atoms with Crippen molar-refractivity contribution in [1.29, 1.82) is 0 Å². The quantitative estimate of drug-likeness (QED) is 0.394. The molecule has 0 fully saturated rings. The summed E-state index contributed by atoms with van der Waals surface area (Å²) in [6.45, 7) is 1.59. The smallest absolute Gasteiger partial charge is 0.744 e. The van der Waals surface area contributed by atoms with Crippen LogP contribution in [0.1, 0.15) is 5.56 Å². The normalized spacial score (nSPS) is 11.4. The van der Waals surface area contributed by atoms with Crippen molar-refractivity contribution in [1.82, 2.24) is 4.98 Å². The van der Waals surface area contributed by atoms with Gasteiger partial charge in [0.15, 0.2) is 0 Å². The molecule has 2 aromatic carbocycles. The maximum atomic E-state index is 11.5. The number of anilines is 1. The van der Waals surface area contributed by atoms with Gasteiger partial charge in [-0.05, 0) is 42.8 Å². The fourth-order valence-electron chi connectivity index (χ4n) is 2.14. The molecule has 5 nitrogen and oxygen atoms in total. The van der Waals surface area contributed by atoms with Crippen LogP contribution in [0, 0.1) is 6.92 Å². The fraction of sp³-hybridized carbons (Fsp3) is 0.0714. The molecule has 0 radical (unpaired) electrons. The Kier molecular flexibility index (Phi) is 4.96. The van der Waals surface area contributed by atoms with Gasteiger partial charge >= 0.3 is 29.6 Å². The summed E-state index contributed by atoms with van der Waals surface area (Å²) in [6.07, 6.45) is 0. The summed E-state index contributed by atoms with van der Waals surface area (Å²) in [7, 11) is -4.56. The van der Waals surface area contributed by atoms with Crippen molar-refractivity contribution in [2.45, 2.75) is 11.8 Å². The summed E-state index contributed by atoms with van der Waals surface area (Å²) in [5.74, 6) is 0. The van der Waals surface area contributed by atoms with Crippen LogP contribution >= 0.6 is 11.3 Å². The molecule has 1 heterocycles. The molecule has 0 amide bonds. The van der Waals surface area contributed by atoms with Gasteiger partial charge in [-0.2, -0.15) is 0 Å². The molecule has 0 bridgehead atoms. The summed E-state index contributed by atoms with van der Waals surface area (Å²) in [6, 6.07) is 10.5. The Balaban J connectivity index is 0.00000176. The number of nitrogens with two attached hydrogens (primary N) is 1. The molecule has 3 aromatic rings. The van der Waals surface area contributed by atoms with Crippen molar-refractivity contribution in [3.63, 3.8) is 0 Å². The topological polar surface area (TPSA) is 96.1 Å². The van der Waals surface area contributed by atoms with Crippen LogP contribution in [-0.2, 0) is 10.1 Å². The van der Waals surface area contributed by atoms with Gasteiger partial charge in [-0.15, -0.1) is 11.3 Å². The second-order valence-electron chi connectivity index (χ2n) is 4.65. The molecule has 0 saturated heterocycles. The van der Waals surface area contributed by atoms with Gasteiger partial charge in [-0.25, -0.2) is 13.4 Å². The number of nitrogens with zero attached hydrogens (tertiary/aromatic N) is 1. The molecular weight excluding hydrogens is 331 g/mol. The first-order chi connectivity index (χ1) is 9.86. The van der Waals surface area contributed by atoms with E-state index in [-0.39, 0.29) is 40.0 Å². The summed E-state index contributed by atoms with van der Waals surface area (Å²) < 4.78 is 35.0. The summed E-state index contributed by atoms with van der Waals surface area (Å²) in [5, 5.41) is 0.653.